The normalized spacial score (nSPS) is 14.0. The van der Waals surface area contributed by atoms with Gasteiger partial charge in [0.1, 0.15) is 0 Å². The molecular weight excluding hydrogens is 330 g/mol. The molecule has 0 saturated carbocycles. The minimum Gasteiger partial charge on any atom is -0.451 e. The highest BCUT2D eigenvalue weighted by atomic mass is 16.5. The number of Topliss-reactive ketones (excluding diaryl/α,β-unsaturated/α-hetero) is 2. The van der Waals surface area contributed by atoms with Crippen molar-refractivity contribution in [3.05, 3.63) is 57.4 Å². The molecule has 0 radical (unpaired) electrons. The van der Waals surface area contributed by atoms with Crippen LogP contribution in [0.3, 0.4) is 0 Å². The second kappa shape index (κ2) is 6.90. The van der Waals surface area contributed by atoms with E-state index >= 15 is 0 Å². The summed E-state index contributed by atoms with van der Waals surface area (Å²) in [5, 5.41) is 0. The average molecular weight is 353 g/mol. The van der Waals surface area contributed by atoms with Gasteiger partial charge in [0.15, 0.2) is 11.9 Å². The number of aryl methyl sites for hydroxylation is 3. The number of carbonyl (C=O) groups excluding carboxylic acids is 3. The van der Waals surface area contributed by atoms with E-state index in [0.29, 0.717) is 28.1 Å². The molecule has 1 heterocycles. The topological polar surface area (TPSA) is 76.2 Å². The minimum atomic E-state index is -0.938. The third-order valence-electron chi connectivity index (χ3n) is 5.02. The number of rotatable bonds is 5. The van der Waals surface area contributed by atoms with Crippen molar-refractivity contribution in [2.24, 2.45) is 0 Å². The van der Waals surface area contributed by atoms with Gasteiger partial charge in [-0.15, -0.1) is 0 Å². The van der Waals surface area contributed by atoms with Crippen LogP contribution in [0.25, 0.3) is 0 Å². The molecule has 0 unspecified atom stereocenters. The first kappa shape index (κ1) is 18.1. The quantitative estimate of drug-likeness (QED) is 0.656. The Labute approximate surface area is 152 Å². The van der Waals surface area contributed by atoms with Gasteiger partial charge in [-0.3, -0.25) is 9.59 Å². The van der Waals surface area contributed by atoms with Crippen LogP contribution in [0.5, 0.6) is 0 Å². The zero-order chi connectivity index (χ0) is 19.0. The highest BCUT2D eigenvalue weighted by Crippen LogP contribution is 2.24. The number of aromatic amines is 1. The molecule has 0 aliphatic heterocycles. The molecule has 1 atom stereocenters. The fraction of sp³-hybridized carbons (Fsp3) is 0.381. The van der Waals surface area contributed by atoms with Crippen LogP contribution in [-0.2, 0) is 17.6 Å². The third kappa shape index (κ3) is 3.21. The van der Waals surface area contributed by atoms with Gasteiger partial charge in [0, 0.05) is 11.3 Å². The Morgan fingerprint density at radius 1 is 1.12 bits per heavy atom. The van der Waals surface area contributed by atoms with Crippen molar-refractivity contribution in [3.8, 4) is 0 Å². The standard InChI is InChI=1S/C21H23NO4/c1-11-18(13(3)23)12(2)22-19(11)20(24)14(4)26-21(25)17-9-8-15-6-5-7-16(15)10-17/h8-10,14,22H,5-7H2,1-4H3/t14-/m0/s1. The van der Waals surface area contributed by atoms with Gasteiger partial charge < -0.3 is 9.72 Å². The summed E-state index contributed by atoms with van der Waals surface area (Å²) in [6, 6.07) is 5.57. The van der Waals surface area contributed by atoms with E-state index in [4.69, 9.17) is 4.74 Å². The largest absolute Gasteiger partial charge is 0.451 e. The van der Waals surface area contributed by atoms with Crippen molar-refractivity contribution >= 4 is 17.5 Å². The summed E-state index contributed by atoms with van der Waals surface area (Å²) < 4.78 is 5.38. The number of fused-ring (bicyclic) bond motifs is 1. The molecular formula is C21H23NO4. The van der Waals surface area contributed by atoms with Crippen LogP contribution in [0.15, 0.2) is 18.2 Å². The lowest BCUT2D eigenvalue weighted by Gasteiger charge is -2.13. The van der Waals surface area contributed by atoms with E-state index in [2.05, 4.69) is 4.98 Å². The molecule has 0 saturated heterocycles. The molecule has 0 fully saturated rings. The van der Waals surface area contributed by atoms with E-state index in [-0.39, 0.29) is 11.6 Å². The van der Waals surface area contributed by atoms with E-state index < -0.39 is 12.1 Å². The Balaban J connectivity index is 1.76. The van der Waals surface area contributed by atoms with Crippen molar-refractivity contribution in [3.63, 3.8) is 0 Å². The number of hydrogen-bond acceptors (Lipinski definition) is 4. The fourth-order valence-electron chi connectivity index (χ4n) is 3.71. The monoisotopic (exact) mass is 353 g/mol. The second-order valence-electron chi connectivity index (χ2n) is 6.93. The fourth-order valence-corrected chi connectivity index (χ4v) is 3.71. The van der Waals surface area contributed by atoms with Crippen molar-refractivity contribution in [2.75, 3.05) is 0 Å². The van der Waals surface area contributed by atoms with Crippen molar-refractivity contribution in [1.29, 1.82) is 0 Å². The summed E-state index contributed by atoms with van der Waals surface area (Å²) in [5.74, 6) is -0.945. The van der Waals surface area contributed by atoms with Crippen molar-refractivity contribution in [2.45, 2.75) is 53.1 Å². The Bertz CT molecular complexity index is 907. The Kier molecular flexibility index (Phi) is 4.81. The summed E-state index contributed by atoms with van der Waals surface area (Å²) >= 11 is 0. The van der Waals surface area contributed by atoms with Gasteiger partial charge >= 0.3 is 5.97 Å². The average Bonchev–Trinajstić information content (AvgIpc) is 3.17. The zero-order valence-corrected chi connectivity index (χ0v) is 15.6. The number of hydrogen-bond donors (Lipinski definition) is 1. The number of esters is 1. The Morgan fingerprint density at radius 3 is 2.46 bits per heavy atom. The number of benzene rings is 1. The number of carbonyl (C=O) groups is 3. The molecule has 0 amide bonds. The van der Waals surface area contributed by atoms with Crippen LogP contribution in [-0.4, -0.2) is 28.6 Å². The maximum atomic E-state index is 12.7. The molecule has 5 heteroatoms. The number of nitrogens with one attached hydrogen (secondary N) is 1. The molecule has 3 rings (SSSR count). The Morgan fingerprint density at radius 2 is 1.81 bits per heavy atom. The van der Waals surface area contributed by atoms with Crippen LogP contribution in [0, 0.1) is 13.8 Å². The molecule has 1 N–H and O–H groups in total. The van der Waals surface area contributed by atoms with Crippen LogP contribution < -0.4 is 0 Å². The van der Waals surface area contributed by atoms with Crippen LogP contribution in [0.1, 0.15) is 73.9 Å². The maximum Gasteiger partial charge on any atom is 0.338 e. The van der Waals surface area contributed by atoms with Crippen LogP contribution in [0.2, 0.25) is 0 Å². The second-order valence-corrected chi connectivity index (χ2v) is 6.93. The molecule has 0 bridgehead atoms. The SMILES string of the molecule is CC(=O)c1c(C)[nH]c(C(=O)[C@H](C)OC(=O)c2ccc3c(c2)CCC3)c1C. The molecule has 136 valence electrons. The van der Waals surface area contributed by atoms with Gasteiger partial charge in [-0.05, 0) is 75.8 Å². The van der Waals surface area contributed by atoms with E-state index in [0.717, 1.165) is 19.3 Å². The summed E-state index contributed by atoms with van der Waals surface area (Å²) in [4.78, 5) is 39.8. The summed E-state index contributed by atoms with van der Waals surface area (Å²) in [6.45, 7) is 6.50. The van der Waals surface area contributed by atoms with Gasteiger partial charge in [0.25, 0.3) is 0 Å². The van der Waals surface area contributed by atoms with Crippen molar-refractivity contribution < 1.29 is 19.1 Å². The molecule has 1 aliphatic rings. The van der Waals surface area contributed by atoms with Gasteiger partial charge in [-0.25, -0.2) is 4.79 Å². The van der Waals surface area contributed by atoms with Gasteiger partial charge in [-0.1, -0.05) is 6.07 Å². The van der Waals surface area contributed by atoms with Gasteiger partial charge in [0.2, 0.25) is 5.78 Å². The van der Waals surface area contributed by atoms with E-state index in [1.807, 2.05) is 12.1 Å². The molecule has 1 aromatic heterocycles. The van der Waals surface area contributed by atoms with E-state index in [1.54, 1.807) is 26.8 Å². The first-order valence-electron chi connectivity index (χ1n) is 8.86. The number of ketones is 2. The van der Waals surface area contributed by atoms with Crippen LogP contribution in [0.4, 0.5) is 0 Å². The number of H-pyrrole nitrogens is 1. The number of aromatic nitrogens is 1. The molecule has 1 aliphatic carbocycles. The molecule has 26 heavy (non-hydrogen) atoms. The highest BCUT2D eigenvalue weighted by molar-refractivity contribution is 6.05. The lowest BCUT2D eigenvalue weighted by Crippen LogP contribution is -2.25. The van der Waals surface area contributed by atoms with Gasteiger partial charge in [0.05, 0.1) is 11.3 Å². The van der Waals surface area contributed by atoms with Gasteiger partial charge in [-0.2, -0.15) is 0 Å². The molecule has 0 spiro atoms. The van der Waals surface area contributed by atoms with E-state index in [1.165, 1.54) is 18.1 Å². The molecule has 1 aromatic carbocycles. The predicted octanol–water partition coefficient (Wildman–Crippen LogP) is 3.75. The lowest BCUT2D eigenvalue weighted by atomic mass is 10.0. The maximum absolute atomic E-state index is 12.7. The number of ether oxygens (including phenoxy) is 1. The zero-order valence-electron chi connectivity index (χ0n) is 15.6. The predicted molar refractivity (Wildman–Crippen MR) is 97.9 cm³/mol. The van der Waals surface area contributed by atoms with Crippen molar-refractivity contribution in [1.82, 2.24) is 4.98 Å². The van der Waals surface area contributed by atoms with E-state index in [9.17, 15) is 14.4 Å². The Hall–Kier alpha value is -2.69. The summed E-state index contributed by atoms with van der Waals surface area (Å²) in [7, 11) is 0. The minimum absolute atomic E-state index is 0.0990. The molecule has 2 aromatic rings. The summed E-state index contributed by atoms with van der Waals surface area (Å²) in [6.07, 6.45) is 2.18. The highest BCUT2D eigenvalue weighted by Gasteiger charge is 2.26. The van der Waals surface area contributed by atoms with Crippen LogP contribution >= 0.6 is 0 Å². The smallest absolute Gasteiger partial charge is 0.338 e. The first-order valence-corrected chi connectivity index (χ1v) is 8.86. The summed E-state index contributed by atoms with van der Waals surface area (Å²) in [5.41, 5.74) is 5.01. The lowest BCUT2D eigenvalue weighted by molar-refractivity contribution is 0.0317. The first-order chi connectivity index (χ1) is 12.3. The molecule has 5 nitrogen and oxygen atoms in total. The third-order valence-corrected chi connectivity index (χ3v) is 5.02.